The minimum atomic E-state index is -0.409. The zero-order valence-electron chi connectivity index (χ0n) is 10.4. The number of rotatable bonds is 5. The van der Waals surface area contributed by atoms with Crippen LogP contribution in [0.25, 0.3) is 0 Å². The van der Waals surface area contributed by atoms with Crippen LogP contribution in [0.15, 0.2) is 22.7 Å². The molecule has 0 saturated carbocycles. The Bertz CT molecular complexity index is 404. The molecule has 17 heavy (non-hydrogen) atoms. The largest absolute Gasteiger partial charge is 0.497 e. The van der Waals surface area contributed by atoms with Crippen molar-refractivity contribution in [1.82, 2.24) is 0 Å². The molecule has 1 atom stereocenters. The molecule has 2 N–H and O–H groups in total. The average Bonchev–Trinajstić information content (AvgIpc) is 2.30. The fraction of sp³-hybridized carbons (Fsp3) is 0.462. The van der Waals surface area contributed by atoms with E-state index in [4.69, 9.17) is 10.5 Å². The lowest BCUT2D eigenvalue weighted by Crippen LogP contribution is -2.36. The number of methoxy groups -OCH3 is 1. The number of hydrogen-bond donors (Lipinski definition) is 1. The Kier molecular flexibility index (Phi) is 5.15. The van der Waals surface area contributed by atoms with Gasteiger partial charge in [-0.1, -0.05) is 29.8 Å². The molecule has 1 aromatic rings. The number of carbonyl (C=O) groups is 1. The number of ketones is 1. The maximum Gasteiger partial charge on any atom is 0.154 e. The Morgan fingerprint density at radius 2 is 2.12 bits per heavy atom. The van der Waals surface area contributed by atoms with E-state index < -0.39 is 6.04 Å². The van der Waals surface area contributed by atoms with Crippen molar-refractivity contribution >= 4 is 21.7 Å². The second-order valence-corrected chi connectivity index (χ2v) is 5.22. The Morgan fingerprint density at radius 1 is 1.47 bits per heavy atom. The number of benzene rings is 1. The Balaban J connectivity index is 2.84. The number of halogens is 1. The zero-order chi connectivity index (χ0) is 13.0. The standard InChI is InChI=1S/C13H18BrNO2/c1-8(2)13(15)12(16)7-9-6-10(17-3)4-5-11(9)14/h4-6,8,13H,7,15H2,1-3H3. The lowest BCUT2D eigenvalue weighted by molar-refractivity contribution is -0.120. The van der Waals surface area contributed by atoms with Crippen LogP contribution in [0, 0.1) is 5.92 Å². The monoisotopic (exact) mass is 299 g/mol. The molecule has 0 bridgehead atoms. The van der Waals surface area contributed by atoms with Gasteiger partial charge in [-0.3, -0.25) is 4.79 Å². The van der Waals surface area contributed by atoms with E-state index in [9.17, 15) is 4.79 Å². The Hall–Kier alpha value is -0.870. The third kappa shape index (κ3) is 3.82. The van der Waals surface area contributed by atoms with Gasteiger partial charge in [0.05, 0.1) is 13.2 Å². The van der Waals surface area contributed by atoms with Crippen molar-refractivity contribution in [3.05, 3.63) is 28.2 Å². The normalized spacial score (nSPS) is 12.6. The predicted octanol–water partition coefficient (Wildman–Crippen LogP) is 2.55. The summed E-state index contributed by atoms with van der Waals surface area (Å²) < 4.78 is 6.04. The molecule has 0 aliphatic rings. The van der Waals surface area contributed by atoms with E-state index in [2.05, 4.69) is 15.9 Å². The van der Waals surface area contributed by atoms with Gasteiger partial charge < -0.3 is 10.5 Å². The van der Waals surface area contributed by atoms with Crippen molar-refractivity contribution in [3.63, 3.8) is 0 Å². The van der Waals surface area contributed by atoms with Crippen molar-refractivity contribution in [2.75, 3.05) is 7.11 Å². The van der Waals surface area contributed by atoms with Gasteiger partial charge in [0, 0.05) is 10.9 Å². The van der Waals surface area contributed by atoms with Crippen molar-refractivity contribution in [1.29, 1.82) is 0 Å². The molecular formula is C13H18BrNO2. The second kappa shape index (κ2) is 6.17. The molecule has 3 nitrogen and oxygen atoms in total. The van der Waals surface area contributed by atoms with Crippen molar-refractivity contribution in [3.8, 4) is 5.75 Å². The van der Waals surface area contributed by atoms with Gasteiger partial charge in [0.15, 0.2) is 5.78 Å². The third-order valence-corrected chi connectivity index (χ3v) is 3.48. The van der Waals surface area contributed by atoms with Crippen molar-refractivity contribution in [2.45, 2.75) is 26.3 Å². The molecule has 0 fully saturated rings. The number of ether oxygens (including phenoxy) is 1. The summed E-state index contributed by atoms with van der Waals surface area (Å²) in [6.07, 6.45) is 0.330. The first-order chi connectivity index (χ1) is 7.95. The second-order valence-electron chi connectivity index (χ2n) is 4.37. The fourth-order valence-corrected chi connectivity index (χ4v) is 1.88. The van der Waals surface area contributed by atoms with E-state index in [1.165, 1.54) is 0 Å². The Labute approximate surface area is 110 Å². The molecule has 1 aromatic carbocycles. The summed E-state index contributed by atoms with van der Waals surface area (Å²) in [6.45, 7) is 3.90. The molecule has 94 valence electrons. The first-order valence-corrected chi connectivity index (χ1v) is 6.35. The van der Waals surface area contributed by atoms with E-state index in [1.807, 2.05) is 32.0 Å². The predicted molar refractivity (Wildman–Crippen MR) is 72.2 cm³/mol. The quantitative estimate of drug-likeness (QED) is 0.909. The van der Waals surface area contributed by atoms with Crippen LogP contribution in [0.2, 0.25) is 0 Å². The van der Waals surface area contributed by atoms with E-state index in [0.29, 0.717) is 6.42 Å². The van der Waals surface area contributed by atoms with E-state index in [1.54, 1.807) is 7.11 Å². The summed E-state index contributed by atoms with van der Waals surface area (Å²) in [5.41, 5.74) is 6.74. The third-order valence-electron chi connectivity index (χ3n) is 2.71. The molecular weight excluding hydrogens is 282 g/mol. The molecule has 0 radical (unpaired) electrons. The summed E-state index contributed by atoms with van der Waals surface area (Å²) in [5.74, 6) is 0.954. The van der Waals surface area contributed by atoms with Gasteiger partial charge >= 0.3 is 0 Å². The van der Waals surface area contributed by atoms with Crippen LogP contribution in [0.4, 0.5) is 0 Å². The highest BCUT2D eigenvalue weighted by Crippen LogP contribution is 2.23. The topological polar surface area (TPSA) is 52.3 Å². The summed E-state index contributed by atoms with van der Waals surface area (Å²) in [4.78, 5) is 11.9. The highest BCUT2D eigenvalue weighted by molar-refractivity contribution is 9.10. The lowest BCUT2D eigenvalue weighted by Gasteiger charge is -2.15. The van der Waals surface area contributed by atoms with Crippen molar-refractivity contribution < 1.29 is 9.53 Å². The molecule has 0 aliphatic carbocycles. The highest BCUT2D eigenvalue weighted by atomic mass is 79.9. The minimum absolute atomic E-state index is 0.0500. The van der Waals surface area contributed by atoms with Crippen LogP contribution in [0.3, 0.4) is 0 Å². The molecule has 0 spiro atoms. The molecule has 0 saturated heterocycles. The van der Waals surface area contributed by atoms with Crippen molar-refractivity contribution in [2.24, 2.45) is 11.7 Å². The summed E-state index contributed by atoms with van der Waals surface area (Å²) in [7, 11) is 1.61. The number of carbonyl (C=O) groups excluding carboxylic acids is 1. The average molecular weight is 300 g/mol. The molecule has 0 aliphatic heterocycles. The summed E-state index contributed by atoms with van der Waals surface area (Å²) in [5, 5.41) is 0. The number of nitrogens with two attached hydrogens (primary N) is 1. The maximum absolute atomic E-state index is 11.9. The first kappa shape index (κ1) is 14.2. The van der Waals surface area contributed by atoms with Gasteiger partial charge in [0.25, 0.3) is 0 Å². The van der Waals surface area contributed by atoms with Gasteiger partial charge in [0.2, 0.25) is 0 Å². The summed E-state index contributed by atoms with van der Waals surface area (Å²) >= 11 is 3.43. The molecule has 0 heterocycles. The number of Topliss-reactive ketones (excluding diaryl/α,β-unsaturated/α-hetero) is 1. The first-order valence-electron chi connectivity index (χ1n) is 5.56. The van der Waals surface area contributed by atoms with Gasteiger partial charge in [-0.05, 0) is 29.7 Å². The molecule has 1 rings (SSSR count). The molecule has 0 amide bonds. The molecule has 4 heteroatoms. The lowest BCUT2D eigenvalue weighted by atomic mass is 9.96. The SMILES string of the molecule is COc1ccc(Br)c(CC(=O)C(N)C(C)C)c1. The van der Waals surface area contributed by atoms with Gasteiger partial charge in [-0.15, -0.1) is 0 Å². The van der Waals surface area contributed by atoms with Crippen LogP contribution in [0.5, 0.6) is 5.75 Å². The van der Waals surface area contributed by atoms with Crippen LogP contribution in [-0.4, -0.2) is 18.9 Å². The fourth-order valence-electron chi connectivity index (χ4n) is 1.49. The van der Waals surface area contributed by atoms with Gasteiger partial charge in [-0.2, -0.15) is 0 Å². The molecule has 0 aromatic heterocycles. The summed E-state index contributed by atoms with van der Waals surface area (Å²) in [6, 6.07) is 5.17. The Morgan fingerprint density at radius 3 is 2.65 bits per heavy atom. The van der Waals surface area contributed by atoms with Gasteiger partial charge in [0.1, 0.15) is 5.75 Å². The zero-order valence-corrected chi connectivity index (χ0v) is 12.0. The maximum atomic E-state index is 11.9. The van der Waals surface area contributed by atoms with Crippen LogP contribution in [-0.2, 0) is 11.2 Å². The van der Waals surface area contributed by atoms with E-state index in [0.717, 1.165) is 15.8 Å². The molecule has 1 unspecified atom stereocenters. The minimum Gasteiger partial charge on any atom is -0.497 e. The van der Waals surface area contributed by atoms with Crippen LogP contribution in [0.1, 0.15) is 19.4 Å². The number of hydrogen-bond acceptors (Lipinski definition) is 3. The van der Waals surface area contributed by atoms with Crippen LogP contribution < -0.4 is 10.5 Å². The van der Waals surface area contributed by atoms with E-state index in [-0.39, 0.29) is 11.7 Å². The van der Waals surface area contributed by atoms with E-state index >= 15 is 0 Å². The highest BCUT2D eigenvalue weighted by Gasteiger charge is 2.18. The van der Waals surface area contributed by atoms with Gasteiger partial charge in [-0.25, -0.2) is 0 Å². The van der Waals surface area contributed by atoms with Crippen LogP contribution >= 0.6 is 15.9 Å². The smallest absolute Gasteiger partial charge is 0.154 e.